The SMILES string of the molecule is FC([S])(Cl)Cl. The molecule has 0 aromatic heterocycles. The van der Waals surface area contributed by atoms with Gasteiger partial charge >= 0.3 is 3.92 Å². The first-order valence-electron chi connectivity index (χ1n) is 0.771. The Hall–Kier alpha value is 0.860. The zero-order valence-electron chi connectivity index (χ0n) is 2.04. The van der Waals surface area contributed by atoms with E-state index in [1.54, 1.807) is 0 Å². The van der Waals surface area contributed by atoms with E-state index in [2.05, 4.69) is 35.8 Å². The molecule has 0 fully saturated rings. The molecule has 0 unspecified atom stereocenters. The van der Waals surface area contributed by atoms with E-state index < -0.39 is 3.92 Å². The molecule has 0 heterocycles. The average Bonchev–Trinajstić information content (AvgIpc) is 0.722. The molecule has 0 bridgehead atoms. The summed E-state index contributed by atoms with van der Waals surface area (Å²) in [6.45, 7) is 0. The van der Waals surface area contributed by atoms with Crippen LogP contribution in [-0.2, 0) is 0 Å². The van der Waals surface area contributed by atoms with E-state index in [0.717, 1.165) is 0 Å². The molecule has 0 nitrogen and oxygen atoms in total. The molecule has 0 spiro atoms. The molecule has 0 atom stereocenters. The van der Waals surface area contributed by atoms with Crippen LogP contribution in [0.4, 0.5) is 4.39 Å². The van der Waals surface area contributed by atoms with Gasteiger partial charge in [-0.05, 0) is 12.6 Å². The fourth-order valence-electron chi connectivity index (χ4n) is 0. The van der Waals surface area contributed by atoms with Gasteiger partial charge in [-0.2, -0.15) is 4.39 Å². The minimum atomic E-state index is -2.47. The molecule has 0 aliphatic rings. The van der Waals surface area contributed by atoms with E-state index in [1.165, 1.54) is 0 Å². The van der Waals surface area contributed by atoms with Crippen LogP contribution in [0, 0.1) is 0 Å². The first-order chi connectivity index (χ1) is 2.00. The van der Waals surface area contributed by atoms with E-state index in [1.807, 2.05) is 0 Å². The van der Waals surface area contributed by atoms with Crippen molar-refractivity contribution in [2.75, 3.05) is 0 Å². The van der Waals surface area contributed by atoms with Gasteiger partial charge in [0.2, 0.25) is 0 Å². The van der Waals surface area contributed by atoms with Crippen LogP contribution < -0.4 is 0 Å². The summed E-state index contributed by atoms with van der Waals surface area (Å²) in [5, 5.41) is 0. The van der Waals surface area contributed by atoms with Crippen molar-refractivity contribution in [2.24, 2.45) is 0 Å². The minimum absolute atomic E-state index is 2.47. The summed E-state index contributed by atoms with van der Waals surface area (Å²) in [5.74, 6) is 0. The van der Waals surface area contributed by atoms with Gasteiger partial charge in [0.1, 0.15) is 0 Å². The van der Waals surface area contributed by atoms with Crippen molar-refractivity contribution in [1.82, 2.24) is 0 Å². The molecular formula is CCl2FS. The average molecular weight is 134 g/mol. The molecule has 0 aliphatic carbocycles. The Morgan fingerprint density at radius 3 is 1.60 bits per heavy atom. The van der Waals surface area contributed by atoms with Crippen molar-refractivity contribution in [1.29, 1.82) is 0 Å². The predicted molar refractivity (Wildman–Crippen MR) is 23.1 cm³/mol. The van der Waals surface area contributed by atoms with Crippen LogP contribution in [0.25, 0.3) is 0 Å². The van der Waals surface area contributed by atoms with Gasteiger partial charge in [-0.25, -0.2) is 0 Å². The smallest absolute Gasteiger partial charge is 0.194 e. The van der Waals surface area contributed by atoms with Gasteiger partial charge in [-0.3, -0.25) is 0 Å². The zero-order chi connectivity index (χ0) is 4.50. The Morgan fingerprint density at radius 2 is 1.60 bits per heavy atom. The van der Waals surface area contributed by atoms with Gasteiger partial charge in [0.05, 0.1) is 0 Å². The van der Waals surface area contributed by atoms with E-state index in [4.69, 9.17) is 0 Å². The third kappa shape index (κ3) is 53.7. The van der Waals surface area contributed by atoms with Crippen LogP contribution in [-0.4, -0.2) is 3.92 Å². The van der Waals surface area contributed by atoms with Gasteiger partial charge in [-0.15, -0.1) is 0 Å². The summed E-state index contributed by atoms with van der Waals surface area (Å²) in [6.07, 6.45) is 0. The Labute approximate surface area is 44.7 Å². The molecule has 0 aromatic carbocycles. The van der Waals surface area contributed by atoms with Crippen molar-refractivity contribution in [3.05, 3.63) is 0 Å². The molecule has 0 aromatic rings. The fourth-order valence-corrected chi connectivity index (χ4v) is 0. The third-order valence-corrected chi connectivity index (χ3v) is 0. The summed E-state index contributed by atoms with van der Waals surface area (Å²) in [6, 6.07) is 0. The van der Waals surface area contributed by atoms with Crippen molar-refractivity contribution in [3.8, 4) is 0 Å². The molecule has 1 radical (unpaired) electrons. The lowest BCUT2D eigenvalue weighted by Crippen LogP contribution is -1.84. The van der Waals surface area contributed by atoms with Crippen molar-refractivity contribution < 1.29 is 4.39 Å². The predicted octanol–water partition coefficient (Wildman–Crippen LogP) is 2.24. The van der Waals surface area contributed by atoms with E-state index >= 15 is 0 Å². The molecule has 0 aliphatic heterocycles. The number of rotatable bonds is 0. The maximum Gasteiger partial charge on any atom is 0.314 e. The molecule has 0 rings (SSSR count). The van der Waals surface area contributed by atoms with Gasteiger partial charge in [-0.1, -0.05) is 23.2 Å². The lowest BCUT2D eigenvalue weighted by Gasteiger charge is -1.89. The maximum atomic E-state index is 11.0. The van der Waals surface area contributed by atoms with Crippen molar-refractivity contribution in [3.63, 3.8) is 0 Å². The monoisotopic (exact) mass is 133 g/mol. The highest BCUT2D eigenvalue weighted by atomic mass is 35.5. The lowest BCUT2D eigenvalue weighted by atomic mass is 11.7. The van der Waals surface area contributed by atoms with Crippen LogP contribution in [0.3, 0.4) is 0 Å². The van der Waals surface area contributed by atoms with Crippen molar-refractivity contribution >= 4 is 35.8 Å². The van der Waals surface area contributed by atoms with Crippen molar-refractivity contribution in [2.45, 2.75) is 3.92 Å². The highest BCUT2D eigenvalue weighted by molar-refractivity contribution is 7.84. The number of alkyl halides is 3. The summed E-state index contributed by atoms with van der Waals surface area (Å²) < 4.78 is 8.56. The quantitative estimate of drug-likeness (QED) is 0.445. The Morgan fingerprint density at radius 1 is 1.60 bits per heavy atom. The van der Waals surface area contributed by atoms with Crippen LogP contribution in [0.5, 0.6) is 0 Å². The van der Waals surface area contributed by atoms with Crippen LogP contribution in [0.15, 0.2) is 0 Å². The maximum absolute atomic E-state index is 11.0. The Bertz CT molecular complexity index is 25.1. The van der Waals surface area contributed by atoms with Gasteiger partial charge in [0, 0.05) is 0 Å². The summed E-state index contributed by atoms with van der Waals surface area (Å²) in [4.78, 5) is 0. The number of hydrogen-bond acceptors (Lipinski definition) is 0. The van der Waals surface area contributed by atoms with Gasteiger partial charge < -0.3 is 0 Å². The number of hydrogen-bond donors (Lipinski definition) is 0. The third-order valence-electron chi connectivity index (χ3n) is 0. The summed E-state index contributed by atoms with van der Waals surface area (Å²) in [7, 11) is 0. The molecule has 4 heteroatoms. The van der Waals surface area contributed by atoms with E-state index in [0.29, 0.717) is 0 Å². The largest absolute Gasteiger partial charge is 0.314 e. The molecule has 0 saturated heterocycles. The highest BCUT2D eigenvalue weighted by Gasteiger charge is 2.13. The highest BCUT2D eigenvalue weighted by Crippen LogP contribution is 2.25. The molecule has 0 N–H and O–H groups in total. The summed E-state index contributed by atoms with van der Waals surface area (Å²) in [5.41, 5.74) is 0. The number of halogens is 3. The second kappa shape index (κ2) is 1.54. The molecule has 0 saturated carbocycles. The van der Waals surface area contributed by atoms with E-state index in [9.17, 15) is 4.39 Å². The minimum Gasteiger partial charge on any atom is -0.194 e. The zero-order valence-corrected chi connectivity index (χ0v) is 4.37. The normalized spacial score (nSPS) is 12.0. The summed E-state index contributed by atoms with van der Waals surface area (Å²) >= 11 is 12.6. The molecular weight excluding hydrogens is 134 g/mol. The first kappa shape index (κ1) is 5.86. The topological polar surface area (TPSA) is 0 Å². The first-order valence-corrected chi connectivity index (χ1v) is 1.94. The lowest BCUT2D eigenvalue weighted by molar-refractivity contribution is 0.519. The second-order valence-corrected chi connectivity index (χ2v) is 2.69. The molecule has 5 heavy (non-hydrogen) atoms. The molecule has 0 amide bonds. The van der Waals surface area contributed by atoms with Gasteiger partial charge in [0.25, 0.3) is 0 Å². The van der Waals surface area contributed by atoms with E-state index in [-0.39, 0.29) is 0 Å². The fraction of sp³-hybridized carbons (Fsp3) is 1.00. The standard InChI is InChI=1S/CCl2FS/c2-1(3,4)5. The van der Waals surface area contributed by atoms with Gasteiger partial charge in [0.15, 0.2) is 0 Å². The molecule has 31 valence electrons. The van der Waals surface area contributed by atoms with Crippen LogP contribution in [0.2, 0.25) is 0 Å². The Balaban J connectivity index is 3.02. The van der Waals surface area contributed by atoms with Crippen LogP contribution >= 0.6 is 35.8 Å². The second-order valence-electron chi connectivity index (χ2n) is 0.446. The van der Waals surface area contributed by atoms with Crippen LogP contribution in [0.1, 0.15) is 0 Å². The Kier molecular flexibility index (Phi) is 1.80.